The lowest BCUT2D eigenvalue weighted by atomic mass is 10.1. The molecule has 0 aliphatic carbocycles. The van der Waals surface area contributed by atoms with Gasteiger partial charge in [0.2, 0.25) is 0 Å². The smallest absolute Gasteiger partial charge is 0.257 e. The Balaban J connectivity index is 1.82. The molecule has 2 aromatic rings. The van der Waals surface area contributed by atoms with Crippen molar-refractivity contribution in [3.8, 4) is 0 Å². The van der Waals surface area contributed by atoms with Crippen molar-refractivity contribution in [1.29, 1.82) is 0 Å². The lowest BCUT2D eigenvalue weighted by molar-refractivity contribution is 0.102. The minimum absolute atomic E-state index is 0.00396. The molecule has 0 aromatic heterocycles. The van der Waals surface area contributed by atoms with E-state index in [-0.39, 0.29) is 12.5 Å². The molecule has 1 aliphatic heterocycles. The van der Waals surface area contributed by atoms with Crippen LogP contribution in [-0.2, 0) is 6.61 Å². The molecular formula is C16H17N3O2. The van der Waals surface area contributed by atoms with Crippen molar-refractivity contribution in [2.24, 2.45) is 0 Å². The van der Waals surface area contributed by atoms with E-state index in [1.165, 1.54) is 0 Å². The summed E-state index contributed by atoms with van der Waals surface area (Å²) in [5, 5.41) is 18.4. The summed E-state index contributed by atoms with van der Waals surface area (Å²) >= 11 is 0. The highest BCUT2D eigenvalue weighted by Crippen LogP contribution is 2.28. The van der Waals surface area contributed by atoms with Crippen LogP contribution in [0.3, 0.4) is 0 Å². The third-order valence-electron chi connectivity index (χ3n) is 3.45. The fraction of sp³-hybridized carbons (Fsp3) is 0.188. The molecule has 1 aliphatic rings. The fourth-order valence-corrected chi connectivity index (χ4v) is 2.36. The van der Waals surface area contributed by atoms with Gasteiger partial charge in [-0.1, -0.05) is 18.2 Å². The maximum absolute atomic E-state index is 12.4. The van der Waals surface area contributed by atoms with Gasteiger partial charge in [0.05, 0.1) is 23.5 Å². The van der Waals surface area contributed by atoms with Crippen LogP contribution in [0.4, 0.5) is 17.1 Å². The van der Waals surface area contributed by atoms with E-state index in [1.807, 2.05) is 12.1 Å². The molecule has 108 valence electrons. The highest BCUT2D eigenvalue weighted by molar-refractivity contribution is 6.10. The third kappa shape index (κ3) is 2.83. The van der Waals surface area contributed by atoms with Crippen LogP contribution in [0.25, 0.3) is 0 Å². The Bertz CT molecular complexity index is 653. The van der Waals surface area contributed by atoms with Gasteiger partial charge in [-0.25, -0.2) is 0 Å². The van der Waals surface area contributed by atoms with Crippen LogP contribution >= 0.6 is 0 Å². The number of hydrogen-bond acceptors (Lipinski definition) is 4. The zero-order chi connectivity index (χ0) is 14.7. The first-order valence-corrected chi connectivity index (χ1v) is 6.90. The lowest BCUT2D eigenvalue weighted by Gasteiger charge is -2.22. The Morgan fingerprint density at radius 2 is 1.86 bits per heavy atom. The van der Waals surface area contributed by atoms with Crippen LogP contribution in [0.5, 0.6) is 0 Å². The summed E-state index contributed by atoms with van der Waals surface area (Å²) in [6, 6.07) is 12.8. The predicted molar refractivity (Wildman–Crippen MR) is 83.7 cm³/mol. The summed E-state index contributed by atoms with van der Waals surface area (Å²) in [6.07, 6.45) is 0. The van der Waals surface area contributed by atoms with Gasteiger partial charge in [0, 0.05) is 18.8 Å². The first kappa shape index (κ1) is 13.5. The molecule has 0 unspecified atom stereocenters. The van der Waals surface area contributed by atoms with Gasteiger partial charge in [-0.05, 0) is 29.8 Å². The quantitative estimate of drug-likeness (QED) is 0.697. The number of aliphatic hydroxyl groups is 1. The van der Waals surface area contributed by atoms with Crippen LogP contribution < -0.4 is 16.0 Å². The number of nitrogens with one attached hydrogen (secondary N) is 3. The minimum atomic E-state index is -0.153. The standard InChI is InChI=1S/C16H17N3O2/c20-10-11-4-6-12(7-5-11)19-16(21)13-2-1-3-14-15(13)18-9-8-17-14/h1-7,17-18,20H,8-10H2,(H,19,21). The summed E-state index contributed by atoms with van der Waals surface area (Å²) in [5.41, 5.74) is 3.93. The van der Waals surface area contributed by atoms with Crippen LogP contribution in [0.2, 0.25) is 0 Å². The van der Waals surface area contributed by atoms with Crippen molar-refractivity contribution in [2.75, 3.05) is 29.0 Å². The number of para-hydroxylation sites is 1. The second kappa shape index (κ2) is 5.85. The zero-order valence-electron chi connectivity index (χ0n) is 11.5. The second-order valence-electron chi connectivity index (χ2n) is 4.89. The van der Waals surface area contributed by atoms with E-state index in [1.54, 1.807) is 30.3 Å². The molecule has 0 saturated carbocycles. The van der Waals surface area contributed by atoms with Gasteiger partial charge in [0.25, 0.3) is 5.91 Å². The molecule has 0 saturated heterocycles. The number of benzene rings is 2. The molecule has 0 spiro atoms. The van der Waals surface area contributed by atoms with Gasteiger partial charge >= 0.3 is 0 Å². The molecule has 1 amide bonds. The molecule has 0 bridgehead atoms. The number of carbonyl (C=O) groups excluding carboxylic acids is 1. The number of amides is 1. The largest absolute Gasteiger partial charge is 0.392 e. The number of hydrogen-bond donors (Lipinski definition) is 4. The molecule has 2 aromatic carbocycles. The SMILES string of the molecule is O=C(Nc1ccc(CO)cc1)c1cccc2c1NCCN2. The molecule has 1 heterocycles. The highest BCUT2D eigenvalue weighted by Gasteiger charge is 2.17. The van der Waals surface area contributed by atoms with Crippen molar-refractivity contribution >= 4 is 23.0 Å². The molecule has 5 heteroatoms. The van der Waals surface area contributed by atoms with Gasteiger partial charge in [-0.3, -0.25) is 4.79 Å². The van der Waals surface area contributed by atoms with Crippen molar-refractivity contribution in [3.63, 3.8) is 0 Å². The summed E-state index contributed by atoms with van der Waals surface area (Å²) in [4.78, 5) is 12.4. The number of anilines is 3. The monoisotopic (exact) mass is 283 g/mol. The van der Waals surface area contributed by atoms with Gasteiger partial charge in [0.15, 0.2) is 0 Å². The maximum Gasteiger partial charge on any atom is 0.257 e. The third-order valence-corrected chi connectivity index (χ3v) is 3.45. The number of carbonyl (C=O) groups is 1. The average Bonchev–Trinajstić information content (AvgIpc) is 2.55. The zero-order valence-corrected chi connectivity index (χ0v) is 11.5. The molecule has 5 nitrogen and oxygen atoms in total. The van der Waals surface area contributed by atoms with E-state index in [4.69, 9.17) is 5.11 Å². The summed E-state index contributed by atoms with van der Waals surface area (Å²) in [6.45, 7) is 1.64. The van der Waals surface area contributed by atoms with Crippen LogP contribution in [0.15, 0.2) is 42.5 Å². The average molecular weight is 283 g/mol. The van der Waals surface area contributed by atoms with E-state index in [2.05, 4.69) is 16.0 Å². The molecule has 0 radical (unpaired) electrons. The molecular weight excluding hydrogens is 266 g/mol. The van der Waals surface area contributed by atoms with Crippen LogP contribution in [-0.4, -0.2) is 24.1 Å². The number of fused-ring (bicyclic) bond motifs is 1. The van der Waals surface area contributed by atoms with Gasteiger partial charge in [-0.2, -0.15) is 0 Å². The van der Waals surface area contributed by atoms with E-state index in [0.29, 0.717) is 11.3 Å². The summed E-state index contributed by atoms with van der Waals surface area (Å²) in [7, 11) is 0. The van der Waals surface area contributed by atoms with Gasteiger partial charge in [-0.15, -0.1) is 0 Å². The Morgan fingerprint density at radius 3 is 2.62 bits per heavy atom. The van der Waals surface area contributed by atoms with Crippen molar-refractivity contribution in [3.05, 3.63) is 53.6 Å². The van der Waals surface area contributed by atoms with Crippen molar-refractivity contribution < 1.29 is 9.90 Å². The molecule has 4 N–H and O–H groups in total. The van der Waals surface area contributed by atoms with E-state index < -0.39 is 0 Å². The number of aliphatic hydroxyl groups excluding tert-OH is 1. The topological polar surface area (TPSA) is 73.4 Å². The Hall–Kier alpha value is -2.53. The normalized spacial score (nSPS) is 12.8. The first-order valence-electron chi connectivity index (χ1n) is 6.90. The van der Waals surface area contributed by atoms with Crippen LogP contribution in [0, 0.1) is 0 Å². The summed E-state index contributed by atoms with van der Waals surface area (Å²) < 4.78 is 0. The van der Waals surface area contributed by atoms with Gasteiger partial charge < -0.3 is 21.1 Å². The molecule has 3 rings (SSSR count). The fourth-order valence-electron chi connectivity index (χ4n) is 2.36. The van der Waals surface area contributed by atoms with Crippen molar-refractivity contribution in [2.45, 2.75) is 6.61 Å². The second-order valence-corrected chi connectivity index (χ2v) is 4.89. The van der Waals surface area contributed by atoms with E-state index in [9.17, 15) is 4.79 Å². The van der Waals surface area contributed by atoms with Gasteiger partial charge in [0.1, 0.15) is 0 Å². The molecule has 21 heavy (non-hydrogen) atoms. The highest BCUT2D eigenvalue weighted by atomic mass is 16.3. The summed E-state index contributed by atoms with van der Waals surface area (Å²) in [5.74, 6) is -0.153. The lowest BCUT2D eigenvalue weighted by Crippen LogP contribution is -2.24. The molecule has 0 fully saturated rings. The Kier molecular flexibility index (Phi) is 3.75. The Labute approximate surface area is 123 Å². The predicted octanol–water partition coefficient (Wildman–Crippen LogP) is 2.27. The van der Waals surface area contributed by atoms with E-state index in [0.717, 1.165) is 30.0 Å². The Morgan fingerprint density at radius 1 is 1.10 bits per heavy atom. The first-order chi connectivity index (χ1) is 10.3. The van der Waals surface area contributed by atoms with Crippen LogP contribution in [0.1, 0.15) is 15.9 Å². The minimum Gasteiger partial charge on any atom is -0.392 e. The van der Waals surface area contributed by atoms with Crippen molar-refractivity contribution in [1.82, 2.24) is 0 Å². The number of rotatable bonds is 3. The molecule has 0 atom stereocenters. The maximum atomic E-state index is 12.4. The van der Waals surface area contributed by atoms with E-state index >= 15 is 0 Å².